The third-order valence-corrected chi connectivity index (χ3v) is 5.16. The van der Waals surface area contributed by atoms with E-state index in [9.17, 15) is 8.42 Å². The molecule has 1 aliphatic carbocycles. The van der Waals surface area contributed by atoms with Gasteiger partial charge in [0.1, 0.15) is 0 Å². The predicted octanol–water partition coefficient (Wildman–Crippen LogP) is -0.507. The molecule has 17 heavy (non-hydrogen) atoms. The first-order chi connectivity index (χ1) is 7.99. The number of rotatable bonds is 6. The van der Waals surface area contributed by atoms with Crippen molar-refractivity contribution >= 4 is 26.5 Å². The molecule has 0 saturated heterocycles. The minimum atomic E-state index is -3.55. The Morgan fingerprint density at radius 1 is 1.53 bits per heavy atom. The van der Waals surface area contributed by atoms with Crippen LogP contribution in [0.5, 0.6) is 0 Å². The molecule has 3 N–H and O–H groups in total. The number of nitrogens with one attached hydrogen (secondary N) is 1. The average molecular weight is 277 g/mol. The molecule has 1 aliphatic rings. The van der Waals surface area contributed by atoms with Crippen LogP contribution >= 0.6 is 11.3 Å². The van der Waals surface area contributed by atoms with E-state index >= 15 is 0 Å². The van der Waals surface area contributed by atoms with Crippen LogP contribution < -0.4 is 10.5 Å². The number of nitrogens with zero attached hydrogens (tertiary/aromatic N) is 3. The maximum Gasteiger partial charge on any atom is 0.269 e. The van der Waals surface area contributed by atoms with E-state index in [1.165, 1.54) is 12.8 Å². The fraction of sp³-hybridized carbons (Fsp3) is 0.750. The van der Waals surface area contributed by atoms with Crippen molar-refractivity contribution in [1.29, 1.82) is 0 Å². The summed E-state index contributed by atoms with van der Waals surface area (Å²) in [7, 11) is -1.56. The number of hydrogen-bond donors (Lipinski definition) is 2. The largest absolute Gasteiger partial charge is 0.374 e. The van der Waals surface area contributed by atoms with Gasteiger partial charge in [0.15, 0.2) is 0 Å². The maximum absolute atomic E-state index is 11.7. The summed E-state index contributed by atoms with van der Waals surface area (Å²) in [5.74, 6) is 0. The van der Waals surface area contributed by atoms with E-state index < -0.39 is 10.0 Å². The van der Waals surface area contributed by atoms with Gasteiger partial charge in [-0.15, -0.1) is 10.2 Å². The monoisotopic (exact) mass is 277 g/mol. The lowest BCUT2D eigenvalue weighted by Crippen LogP contribution is -2.33. The molecule has 1 heterocycles. The van der Waals surface area contributed by atoms with Crippen LogP contribution in [0.25, 0.3) is 0 Å². The Morgan fingerprint density at radius 2 is 2.24 bits per heavy atom. The molecule has 0 unspecified atom stereocenters. The Labute approximate surface area is 104 Å². The highest BCUT2D eigenvalue weighted by Crippen LogP contribution is 2.24. The van der Waals surface area contributed by atoms with Crippen LogP contribution in [0.3, 0.4) is 0 Å². The quantitative estimate of drug-likeness (QED) is 0.726. The highest BCUT2D eigenvalue weighted by atomic mass is 32.2. The molecule has 2 rings (SSSR count). The molecule has 0 atom stereocenters. The number of hydrogen-bond acceptors (Lipinski definition) is 7. The molecule has 1 fully saturated rings. The second-order valence-electron chi connectivity index (χ2n) is 4.02. The molecule has 0 radical (unpaired) electrons. The van der Waals surface area contributed by atoms with Gasteiger partial charge in [-0.05, 0) is 19.9 Å². The van der Waals surface area contributed by atoms with Crippen LogP contribution in [-0.2, 0) is 10.0 Å². The summed E-state index contributed by atoms with van der Waals surface area (Å²) in [4.78, 5) is 2.15. The molecule has 0 aromatic carbocycles. The Bertz CT molecular complexity index is 482. The highest BCUT2D eigenvalue weighted by molar-refractivity contribution is 7.91. The molecular formula is C8H15N5O2S2. The van der Waals surface area contributed by atoms with Crippen molar-refractivity contribution < 1.29 is 8.42 Å². The van der Waals surface area contributed by atoms with E-state index in [0.29, 0.717) is 19.1 Å². The summed E-state index contributed by atoms with van der Waals surface area (Å²) in [5.41, 5.74) is 5.34. The zero-order valence-electron chi connectivity index (χ0n) is 9.46. The van der Waals surface area contributed by atoms with Crippen LogP contribution in [0.2, 0.25) is 0 Å². The lowest BCUT2D eigenvalue weighted by atomic mass is 10.5. The molecule has 1 aromatic rings. The number of aromatic nitrogens is 2. The molecule has 0 aliphatic heterocycles. The van der Waals surface area contributed by atoms with Gasteiger partial charge in [0, 0.05) is 19.1 Å². The standard InChI is InChI=1S/C8H15N5O2S2/c1-13(6-2-3-6)5-4-10-17(14,15)8-12-11-7(9)16-8/h6,10H,2-5H2,1H3,(H2,9,11). The lowest BCUT2D eigenvalue weighted by molar-refractivity contribution is 0.329. The highest BCUT2D eigenvalue weighted by Gasteiger charge is 2.26. The topological polar surface area (TPSA) is 101 Å². The lowest BCUT2D eigenvalue weighted by Gasteiger charge is -2.15. The minimum Gasteiger partial charge on any atom is -0.374 e. The van der Waals surface area contributed by atoms with E-state index in [-0.39, 0.29) is 9.47 Å². The van der Waals surface area contributed by atoms with Crippen molar-refractivity contribution in [2.45, 2.75) is 23.2 Å². The average Bonchev–Trinajstić information content (AvgIpc) is 3.01. The SMILES string of the molecule is CN(CCNS(=O)(=O)c1nnc(N)s1)C1CC1. The summed E-state index contributed by atoms with van der Waals surface area (Å²) >= 11 is 0.864. The molecule has 1 saturated carbocycles. The van der Waals surface area contributed by atoms with E-state index in [1.54, 1.807) is 0 Å². The van der Waals surface area contributed by atoms with Gasteiger partial charge in [-0.2, -0.15) is 0 Å². The zero-order chi connectivity index (χ0) is 12.5. The van der Waals surface area contributed by atoms with Crippen LogP contribution in [-0.4, -0.2) is 49.7 Å². The van der Waals surface area contributed by atoms with Gasteiger partial charge >= 0.3 is 0 Å². The van der Waals surface area contributed by atoms with E-state index in [0.717, 1.165) is 11.3 Å². The number of likely N-dealkylation sites (N-methyl/N-ethyl adjacent to an activating group) is 1. The first-order valence-corrected chi connectivity index (χ1v) is 7.58. The Hall–Kier alpha value is -0.770. The summed E-state index contributed by atoms with van der Waals surface area (Å²) in [5, 5.41) is 7.15. The van der Waals surface area contributed by atoms with E-state index in [2.05, 4.69) is 19.8 Å². The Kier molecular flexibility index (Phi) is 3.61. The summed E-state index contributed by atoms with van der Waals surface area (Å²) in [6.07, 6.45) is 2.41. The molecule has 0 spiro atoms. The van der Waals surface area contributed by atoms with Gasteiger partial charge < -0.3 is 10.6 Å². The van der Waals surface area contributed by atoms with Crippen LogP contribution in [0, 0.1) is 0 Å². The fourth-order valence-electron chi connectivity index (χ4n) is 1.44. The molecule has 0 amide bonds. The first kappa shape index (κ1) is 12.7. The van der Waals surface area contributed by atoms with Gasteiger partial charge in [-0.1, -0.05) is 11.3 Å². The molecule has 96 valence electrons. The van der Waals surface area contributed by atoms with Crippen LogP contribution in [0.4, 0.5) is 5.13 Å². The normalized spacial score (nSPS) is 16.6. The Balaban J connectivity index is 1.85. The molecule has 9 heteroatoms. The third-order valence-electron chi connectivity index (χ3n) is 2.58. The van der Waals surface area contributed by atoms with Gasteiger partial charge in [0.05, 0.1) is 0 Å². The van der Waals surface area contributed by atoms with Gasteiger partial charge in [-0.25, -0.2) is 13.1 Å². The van der Waals surface area contributed by atoms with Gasteiger partial charge in [-0.3, -0.25) is 0 Å². The summed E-state index contributed by atoms with van der Waals surface area (Å²) in [6.45, 7) is 1.06. The number of sulfonamides is 1. The summed E-state index contributed by atoms with van der Waals surface area (Å²) in [6, 6.07) is 0.622. The Morgan fingerprint density at radius 3 is 2.76 bits per heavy atom. The van der Waals surface area contributed by atoms with Gasteiger partial charge in [0.2, 0.25) is 9.47 Å². The maximum atomic E-state index is 11.7. The van der Waals surface area contributed by atoms with Gasteiger partial charge in [0.25, 0.3) is 10.0 Å². The van der Waals surface area contributed by atoms with Crippen molar-refractivity contribution in [3.8, 4) is 0 Å². The molecular weight excluding hydrogens is 262 g/mol. The van der Waals surface area contributed by atoms with Crippen LogP contribution in [0.1, 0.15) is 12.8 Å². The number of anilines is 1. The number of nitrogen functional groups attached to an aromatic ring is 1. The zero-order valence-corrected chi connectivity index (χ0v) is 11.1. The minimum absolute atomic E-state index is 0.0796. The second kappa shape index (κ2) is 4.84. The fourth-order valence-corrected chi connectivity index (χ4v) is 3.29. The van der Waals surface area contributed by atoms with E-state index in [1.807, 2.05) is 7.05 Å². The van der Waals surface area contributed by atoms with Crippen molar-refractivity contribution in [3.63, 3.8) is 0 Å². The van der Waals surface area contributed by atoms with E-state index in [4.69, 9.17) is 5.73 Å². The first-order valence-electron chi connectivity index (χ1n) is 5.28. The van der Waals surface area contributed by atoms with Crippen molar-refractivity contribution in [3.05, 3.63) is 0 Å². The predicted molar refractivity (Wildman–Crippen MR) is 65.2 cm³/mol. The summed E-state index contributed by atoms with van der Waals surface area (Å²) < 4.78 is 25.9. The molecule has 1 aromatic heterocycles. The third kappa shape index (κ3) is 3.35. The second-order valence-corrected chi connectivity index (χ2v) is 6.97. The van der Waals surface area contributed by atoms with Crippen molar-refractivity contribution in [2.75, 3.05) is 25.9 Å². The van der Waals surface area contributed by atoms with Crippen LogP contribution in [0.15, 0.2) is 4.34 Å². The smallest absolute Gasteiger partial charge is 0.269 e. The van der Waals surface area contributed by atoms with Crippen molar-refractivity contribution in [2.24, 2.45) is 0 Å². The van der Waals surface area contributed by atoms with Crippen molar-refractivity contribution in [1.82, 2.24) is 19.8 Å². The molecule has 0 bridgehead atoms. The molecule has 7 nitrogen and oxygen atoms in total. The number of nitrogens with two attached hydrogens (primary N) is 1.